The van der Waals surface area contributed by atoms with E-state index in [0.717, 1.165) is 11.6 Å². The van der Waals surface area contributed by atoms with Gasteiger partial charge in [-0.3, -0.25) is 0 Å². The van der Waals surface area contributed by atoms with Crippen molar-refractivity contribution in [1.82, 2.24) is 0 Å². The van der Waals surface area contributed by atoms with Crippen LogP contribution < -0.4 is 0 Å². The molecule has 0 fully saturated rings. The van der Waals surface area contributed by atoms with Crippen molar-refractivity contribution in [3.63, 3.8) is 0 Å². The van der Waals surface area contributed by atoms with Crippen LogP contribution in [0.3, 0.4) is 0 Å². The van der Waals surface area contributed by atoms with Crippen LogP contribution in [0.4, 0.5) is 0 Å². The fraction of sp³-hybridized carbons (Fsp3) is 0.154. The lowest BCUT2D eigenvalue weighted by Crippen LogP contribution is -2.17. The first-order valence-electron chi connectivity index (χ1n) is 10.8. The minimum atomic E-state index is -4.50. The molecule has 0 spiro atoms. The molecule has 0 saturated heterocycles. The molecular weight excluding hydrogens is 575 g/mol. The molecule has 0 bridgehead atoms. The van der Waals surface area contributed by atoms with E-state index < -0.39 is 45.1 Å². The highest BCUT2D eigenvalue weighted by Gasteiger charge is 2.34. The van der Waals surface area contributed by atoms with Gasteiger partial charge in [0.25, 0.3) is 0 Å². The number of allylic oxidation sites excluding steroid dienone is 1. The van der Waals surface area contributed by atoms with Crippen molar-refractivity contribution in [3.8, 4) is 0 Å². The maximum Gasteiger partial charge on any atom is 0.207 e. The third kappa shape index (κ3) is 6.53. The van der Waals surface area contributed by atoms with Crippen LogP contribution in [-0.2, 0) is 29.5 Å². The van der Waals surface area contributed by atoms with Crippen molar-refractivity contribution in [3.05, 3.63) is 110 Å². The third-order valence-corrected chi connectivity index (χ3v) is 11.5. The standard InChI is InChI=1S/C26H24Cl2O6S3/c1-18(2)26(37(33,34)24-14-8-21(28)9-15-24)25(36(31,32)23-12-6-20(27)7-13-23)16-17-35(29,30)22-10-4-19(3)5-11-22/h4-16H,17H2,1-3H3/b25-16-. The Hall–Kier alpha value is -2.43. The summed E-state index contributed by atoms with van der Waals surface area (Å²) in [6, 6.07) is 16.5. The van der Waals surface area contributed by atoms with Crippen molar-refractivity contribution < 1.29 is 25.3 Å². The Morgan fingerprint density at radius 2 is 1.05 bits per heavy atom. The van der Waals surface area contributed by atoms with Crippen molar-refractivity contribution in [2.45, 2.75) is 35.5 Å². The molecule has 37 heavy (non-hydrogen) atoms. The monoisotopic (exact) mass is 598 g/mol. The summed E-state index contributed by atoms with van der Waals surface area (Å²) in [6.45, 7) is 4.70. The zero-order chi connectivity index (χ0) is 27.6. The summed E-state index contributed by atoms with van der Waals surface area (Å²) in [5, 5.41) is 0.578. The lowest BCUT2D eigenvalue weighted by Gasteiger charge is -2.17. The summed E-state index contributed by atoms with van der Waals surface area (Å²) in [4.78, 5) is -1.59. The third-order valence-electron chi connectivity index (χ3n) is 5.35. The number of aryl methyl sites for hydroxylation is 1. The molecule has 3 aromatic rings. The minimum absolute atomic E-state index is 0.0168. The molecule has 0 heterocycles. The van der Waals surface area contributed by atoms with Gasteiger partial charge in [0.2, 0.25) is 19.7 Å². The van der Waals surface area contributed by atoms with Crippen molar-refractivity contribution in [2.24, 2.45) is 0 Å². The molecule has 196 valence electrons. The molecule has 0 aliphatic carbocycles. The maximum absolute atomic E-state index is 13.8. The van der Waals surface area contributed by atoms with E-state index in [4.69, 9.17) is 23.2 Å². The van der Waals surface area contributed by atoms with E-state index in [-0.39, 0.29) is 25.3 Å². The Kier molecular flexibility index (Phi) is 8.76. The van der Waals surface area contributed by atoms with Crippen LogP contribution in [0.2, 0.25) is 10.0 Å². The molecular formula is C26H24Cl2O6S3. The predicted molar refractivity (Wildman–Crippen MR) is 147 cm³/mol. The maximum atomic E-state index is 13.8. The highest BCUT2D eigenvalue weighted by molar-refractivity contribution is 8.00. The van der Waals surface area contributed by atoms with E-state index in [1.807, 2.05) is 0 Å². The molecule has 0 saturated carbocycles. The number of halogens is 2. The van der Waals surface area contributed by atoms with Gasteiger partial charge in [-0.2, -0.15) is 0 Å². The van der Waals surface area contributed by atoms with Crippen LogP contribution >= 0.6 is 23.2 Å². The summed E-state index contributed by atoms with van der Waals surface area (Å²) in [5.74, 6) is -0.745. The van der Waals surface area contributed by atoms with Crippen LogP contribution in [0.5, 0.6) is 0 Å². The Morgan fingerprint density at radius 1 is 0.649 bits per heavy atom. The second kappa shape index (κ2) is 11.1. The number of rotatable bonds is 8. The second-order valence-electron chi connectivity index (χ2n) is 8.41. The number of sulfone groups is 3. The summed E-state index contributed by atoms with van der Waals surface area (Å²) in [5.41, 5.74) is 1.01. The van der Waals surface area contributed by atoms with Gasteiger partial charge in [0.05, 0.1) is 30.2 Å². The molecule has 0 atom stereocenters. The minimum Gasteiger partial charge on any atom is -0.223 e. The zero-order valence-corrected chi connectivity index (χ0v) is 24.1. The van der Waals surface area contributed by atoms with Gasteiger partial charge in [0.15, 0.2) is 9.84 Å². The SMILES string of the molecule is CC(C)=C(/C(=C/CS(=O)(=O)c1ccc(C)cc1)S(=O)(=O)c1ccc(Cl)cc1)S(=O)(=O)c1ccc(Cl)cc1. The predicted octanol–water partition coefficient (Wildman–Crippen LogP) is 6.20. The molecule has 0 N–H and O–H groups in total. The normalized spacial score (nSPS) is 12.8. The average molecular weight is 600 g/mol. The fourth-order valence-electron chi connectivity index (χ4n) is 3.47. The van der Waals surface area contributed by atoms with Crippen LogP contribution in [0, 0.1) is 6.92 Å². The highest BCUT2D eigenvalue weighted by atomic mass is 35.5. The largest absolute Gasteiger partial charge is 0.223 e. The van der Waals surface area contributed by atoms with Gasteiger partial charge in [0.1, 0.15) is 0 Å². The van der Waals surface area contributed by atoms with Crippen molar-refractivity contribution in [2.75, 3.05) is 5.75 Å². The first kappa shape index (κ1) is 29.1. The summed E-state index contributed by atoms with van der Waals surface area (Å²) in [7, 11) is -12.9. The first-order chi connectivity index (χ1) is 17.2. The van der Waals surface area contributed by atoms with E-state index in [1.165, 1.54) is 74.5 Å². The topological polar surface area (TPSA) is 102 Å². The fourth-order valence-corrected chi connectivity index (χ4v) is 8.73. The van der Waals surface area contributed by atoms with Gasteiger partial charge >= 0.3 is 0 Å². The molecule has 3 rings (SSSR count). The van der Waals surface area contributed by atoms with Gasteiger partial charge in [0, 0.05) is 10.0 Å². The molecule has 3 aromatic carbocycles. The van der Waals surface area contributed by atoms with E-state index in [1.54, 1.807) is 19.1 Å². The van der Waals surface area contributed by atoms with Crippen LogP contribution in [0.15, 0.2) is 109 Å². The molecule has 0 aliphatic heterocycles. The summed E-state index contributed by atoms with van der Waals surface area (Å²) >= 11 is 11.8. The number of hydrogen-bond acceptors (Lipinski definition) is 6. The van der Waals surface area contributed by atoms with Gasteiger partial charge < -0.3 is 0 Å². The Labute approximate surface area is 228 Å². The quantitative estimate of drug-likeness (QED) is 0.286. The Balaban J connectivity index is 2.27. The Bertz CT molecular complexity index is 1680. The summed E-state index contributed by atoms with van der Waals surface area (Å²) in [6.07, 6.45) is 0.939. The molecule has 0 unspecified atom stereocenters. The average Bonchev–Trinajstić information content (AvgIpc) is 2.82. The van der Waals surface area contributed by atoms with Crippen LogP contribution in [-0.4, -0.2) is 31.0 Å². The lowest BCUT2D eigenvalue weighted by atomic mass is 10.2. The van der Waals surface area contributed by atoms with E-state index in [9.17, 15) is 25.3 Å². The van der Waals surface area contributed by atoms with Gasteiger partial charge in [-0.15, -0.1) is 0 Å². The van der Waals surface area contributed by atoms with E-state index in [2.05, 4.69) is 0 Å². The summed E-state index contributed by atoms with van der Waals surface area (Å²) < 4.78 is 81.2. The van der Waals surface area contributed by atoms with E-state index in [0.29, 0.717) is 5.02 Å². The molecule has 0 aromatic heterocycles. The lowest BCUT2D eigenvalue weighted by molar-refractivity contribution is 0.595. The Morgan fingerprint density at radius 3 is 1.49 bits per heavy atom. The van der Waals surface area contributed by atoms with Crippen LogP contribution in [0.1, 0.15) is 19.4 Å². The second-order valence-corrected chi connectivity index (χ2v) is 15.1. The number of benzene rings is 3. The smallest absolute Gasteiger partial charge is 0.207 e. The van der Waals surface area contributed by atoms with Gasteiger partial charge in [-0.25, -0.2) is 25.3 Å². The van der Waals surface area contributed by atoms with Crippen molar-refractivity contribution in [1.29, 1.82) is 0 Å². The van der Waals surface area contributed by atoms with Crippen molar-refractivity contribution >= 4 is 52.7 Å². The molecule has 0 aliphatic rings. The van der Waals surface area contributed by atoms with Crippen LogP contribution in [0.25, 0.3) is 0 Å². The molecule has 0 radical (unpaired) electrons. The van der Waals surface area contributed by atoms with Gasteiger partial charge in [-0.05, 0) is 87.5 Å². The number of hydrogen-bond donors (Lipinski definition) is 0. The van der Waals surface area contributed by atoms with E-state index >= 15 is 0 Å². The molecule has 11 heteroatoms. The zero-order valence-electron chi connectivity index (χ0n) is 20.1. The first-order valence-corrected chi connectivity index (χ1v) is 16.2. The molecule has 0 amide bonds. The van der Waals surface area contributed by atoms with Gasteiger partial charge in [-0.1, -0.05) is 46.5 Å². The highest BCUT2D eigenvalue weighted by Crippen LogP contribution is 2.35. The molecule has 6 nitrogen and oxygen atoms in total.